The number of benzene rings is 1. The first kappa shape index (κ1) is 15.9. The van der Waals surface area contributed by atoms with Gasteiger partial charge in [-0.3, -0.25) is 9.59 Å². The number of hydrogen-bond donors (Lipinski definition) is 2. The maximum absolute atomic E-state index is 12.4. The number of para-hydroxylation sites is 1. The second-order valence-electron chi connectivity index (χ2n) is 6.39. The smallest absolute Gasteiger partial charge is 0.264 e. The maximum Gasteiger partial charge on any atom is 0.264 e. The average molecular weight is 299 g/mol. The van der Waals surface area contributed by atoms with Crippen molar-refractivity contribution >= 4 is 11.6 Å². The van der Waals surface area contributed by atoms with Gasteiger partial charge in [-0.2, -0.15) is 0 Å². The van der Waals surface area contributed by atoms with Crippen molar-refractivity contribution in [1.29, 1.82) is 0 Å². The maximum atomic E-state index is 12.4. The van der Waals surface area contributed by atoms with Crippen molar-refractivity contribution < 1.29 is 4.79 Å². The molecule has 0 fully saturated rings. The van der Waals surface area contributed by atoms with Crippen molar-refractivity contribution in [2.75, 3.05) is 5.32 Å². The highest BCUT2D eigenvalue weighted by Crippen LogP contribution is 2.18. The van der Waals surface area contributed by atoms with Gasteiger partial charge in [0.15, 0.2) is 0 Å². The number of H-pyrrole nitrogens is 1. The van der Waals surface area contributed by atoms with Crippen LogP contribution in [-0.2, 0) is 5.41 Å². The van der Waals surface area contributed by atoms with E-state index >= 15 is 0 Å². The van der Waals surface area contributed by atoms with Crippen LogP contribution in [0.2, 0.25) is 0 Å². The molecule has 1 aromatic heterocycles. The fraction of sp³-hybridized carbons (Fsp3) is 0.353. The lowest BCUT2D eigenvalue weighted by Crippen LogP contribution is -2.30. The highest BCUT2D eigenvalue weighted by molar-refractivity contribution is 6.05. The molecule has 1 amide bonds. The fourth-order valence-electron chi connectivity index (χ4n) is 2.11. The Morgan fingerprint density at radius 3 is 2.36 bits per heavy atom. The lowest BCUT2D eigenvalue weighted by molar-refractivity contribution is 0.102. The van der Waals surface area contributed by atoms with Gasteiger partial charge in [0, 0.05) is 11.1 Å². The van der Waals surface area contributed by atoms with E-state index < -0.39 is 11.5 Å². The number of anilines is 1. The Balaban J connectivity index is 2.39. The number of rotatable bonds is 2. The number of hydrogen-bond acceptors (Lipinski definition) is 3. The number of nitrogens with zero attached hydrogens (tertiary/aromatic N) is 1. The molecule has 5 nitrogen and oxygen atoms in total. The molecule has 0 spiro atoms. The van der Waals surface area contributed by atoms with Crippen LogP contribution in [0, 0.1) is 13.8 Å². The lowest BCUT2D eigenvalue weighted by Gasteiger charge is -2.18. The molecule has 0 aliphatic rings. The quantitative estimate of drug-likeness (QED) is 0.895. The van der Waals surface area contributed by atoms with Crippen LogP contribution in [-0.4, -0.2) is 15.9 Å². The molecular formula is C17H21N3O2. The number of aryl methyl sites for hydroxylation is 2. The SMILES string of the molecule is Cc1ccccc1NC(=O)c1c(C)nc(C(C)(C)C)[nH]c1=O. The third kappa shape index (κ3) is 3.24. The minimum Gasteiger partial charge on any atom is -0.322 e. The molecule has 0 bridgehead atoms. The summed E-state index contributed by atoms with van der Waals surface area (Å²) in [5.41, 5.74) is 1.41. The first-order chi connectivity index (χ1) is 10.2. The van der Waals surface area contributed by atoms with Crippen LogP contribution in [0.4, 0.5) is 5.69 Å². The molecule has 2 rings (SSSR count). The molecule has 5 heteroatoms. The number of carbonyl (C=O) groups is 1. The molecule has 1 aromatic carbocycles. The number of carbonyl (C=O) groups excluding carboxylic acids is 1. The summed E-state index contributed by atoms with van der Waals surface area (Å²) in [7, 11) is 0. The highest BCUT2D eigenvalue weighted by Gasteiger charge is 2.22. The molecule has 2 aromatic rings. The number of nitrogens with one attached hydrogen (secondary N) is 2. The van der Waals surface area contributed by atoms with Crippen molar-refractivity contribution in [1.82, 2.24) is 9.97 Å². The topological polar surface area (TPSA) is 74.8 Å². The van der Waals surface area contributed by atoms with Crippen LogP contribution < -0.4 is 10.9 Å². The van der Waals surface area contributed by atoms with Crippen LogP contribution in [0.5, 0.6) is 0 Å². The Bertz CT molecular complexity index is 770. The van der Waals surface area contributed by atoms with Crippen LogP contribution >= 0.6 is 0 Å². The molecule has 0 saturated heterocycles. The van der Waals surface area contributed by atoms with Gasteiger partial charge < -0.3 is 10.3 Å². The van der Waals surface area contributed by atoms with E-state index in [9.17, 15) is 9.59 Å². The van der Waals surface area contributed by atoms with Crippen molar-refractivity contribution in [3.63, 3.8) is 0 Å². The first-order valence-corrected chi connectivity index (χ1v) is 7.18. The number of amides is 1. The van der Waals surface area contributed by atoms with Crippen LogP contribution in [0.25, 0.3) is 0 Å². The van der Waals surface area contributed by atoms with E-state index in [-0.39, 0.29) is 11.0 Å². The van der Waals surface area contributed by atoms with Crippen molar-refractivity contribution in [2.45, 2.75) is 40.0 Å². The van der Waals surface area contributed by atoms with Crippen LogP contribution in [0.3, 0.4) is 0 Å². The summed E-state index contributed by atoms with van der Waals surface area (Å²) in [5, 5.41) is 2.77. The molecule has 0 radical (unpaired) electrons. The number of aromatic nitrogens is 2. The fourth-order valence-corrected chi connectivity index (χ4v) is 2.11. The molecule has 0 unspecified atom stereocenters. The molecule has 2 N–H and O–H groups in total. The summed E-state index contributed by atoms with van der Waals surface area (Å²) in [5.74, 6) is 0.128. The Labute approximate surface area is 129 Å². The lowest BCUT2D eigenvalue weighted by atomic mass is 9.95. The van der Waals surface area contributed by atoms with E-state index in [0.717, 1.165) is 5.56 Å². The predicted molar refractivity (Wildman–Crippen MR) is 87.4 cm³/mol. The third-order valence-corrected chi connectivity index (χ3v) is 3.43. The van der Waals surface area contributed by atoms with Gasteiger partial charge in [0.1, 0.15) is 11.4 Å². The average Bonchev–Trinajstić information content (AvgIpc) is 2.39. The van der Waals surface area contributed by atoms with Gasteiger partial charge in [-0.15, -0.1) is 0 Å². The van der Waals surface area contributed by atoms with Gasteiger partial charge in [-0.05, 0) is 25.5 Å². The van der Waals surface area contributed by atoms with Crippen LogP contribution in [0.1, 0.15) is 48.2 Å². The van der Waals surface area contributed by atoms with Gasteiger partial charge in [0.25, 0.3) is 11.5 Å². The predicted octanol–water partition coefficient (Wildman–Crippen LogP) is 2.94. The summed E-state index contributed by atoms with van der Waals surface area (Å²) in [6.07, 6.45) is 0. The zero-order valence-electron chi connectivity index (χ0n) is 13.6. The Kier molecular flexibility index (Phi) is 4.17. The van der Waals surface area contributed by atoms with E-state index in [0.29, 0.717) is 17.2 Å². The molecule has 1 heterocycles. The first-order valence-electron chi connectivity index (χ1n) is 7.18. The molecule has 0 saturated carbocycles. The zero-order valence-corrected chi connectivity index (χ0v) is 13.6. The summed E-state index contributed by atoms with van der Waals surface area (Å²) < 4.78 is 0. The Morgan fingerprint density at radius 2 is 1.82 bits per heavy atom. The summed E-state index contributed by atoms with van der Waals surface area (Å²) >= 11 is 0. The van der Waals surface area contributed by atoms with Gasteiger partial charge in [0.05, 0.1) is 5.69 Å². The number of aromatic amines is 1. The standard InChI is InChI=1S/C17H21N3O2/c1-10-8-6-7-9-12(10)19-14(21)13-11(2)18-16(17(3,4)5)20-15(13)22/h6-9H,1-5H3,(H,19,21)(H,18,20,22). The third-order valence-electron chi connectivity index (χ3n) is 3.43. The Hall–Kier alpha value is -2.43. The molecular weight excluding hydrogens is 278 g/mol. The van der Waals surface area contributed by atoms with Crippen molar-refractivity contribution in [3.8, 4) is 0 Å². The molecule has 22 heavy (non-hydrogen) atoms. The minimum absolute atomic E-state index is 0.0521. The monoisotopic (exact) mass is 299 g/mol. The summed E-state index contributed by atoms with van der Waals surface area (Å²) in [6, 6.07) is 7.42. The van der Waals surface area contributed by atoms with E-state index in [1.54, 1.807) is 13.0 Å². The summed E-state index contributed by atoms with van der Waals surface area (Å²) in [6.45, 7) is 9.44. The van der Waals surface area contributed by atoms with Crippen molar-refractivity contribution in [2.24, 2.45) is 0 Å². The molecule has 116 valence electrons. The second-order valence-corrected chi connectivity index (χ2v) is 6.39. The normalized spacial score (nSPS) is 11.3. The largest absolute Gasteiger partial charge is 0.322 e. The van der Waals surface area contributed by atoms with Gasteiger partial charge in [-0.1, -0.05) is 39.0 Å². The van der Waals surface area contributed by atoms with Crippen molar-refractivity contribution in [3.05, 3.63) is 57.3 Å². The summed E-state index contributed by atoms with van der Waals surface area (Å²) in [4.78, 5) is 31.8. The van der Waals surface area contributed by atoms with E-state index in [1.807, 2.05) is 45.9 Å². The molecule has 0 aliphatic carbocycles. The van der Waals surface area contributed by atoms with Gasteiger partial charge in [0.2, 0.25) is 0 Å². The van der Waals surface area contributed by atoms with Crippen LogP contribution in [0.15, 0.2) is 29.1 Å². The minimum atomic E-state index is -0.444. The van der Waals surface area contributed by atoms with E-state index in [1.165, 1.54) is 0 Å². The highest BCUT2D eigenvalue weighted by atomic mass is 16.2. The Morgan fingerprint density at radius 1 is 1.18 bits per heavy atom. The zero-order chi connectivity index (χ0) is 16.5. The van der Waals surface area contributed by atoms with E-state index in [4.69, 9.17) is 0 Å². The van der Waals surface area contributed by atoms with Gasteiger partial charge in [-0.25, -0.2) is 4.98 Å². The molecule has 0 atom stereocenters. The van der Waals surface area contributed by atoms with Gasteiger partial charge >= 0.3 is 0 Å². The molecule has 0 aliphatic heterocycles. The van der Waals surface area contributed by atoms with E-state index in [2.05, 4.69) is 15.3 Å². The second kappa shape index (κ2) is 5.75.